The molecular weight excluding hydrogens is 232 g/mol. The summed E-state index contributed by atoms with van der Waals surface area (Å²) in [5.74, 6) is 0. The van der Waals surface area contributed by atoms with Crippen LogP contribution in [0.15, 0.2) is 22.8 Å². The van der Waals surface area contributed by atoms with E-state index in [0.717, 1.165) is 16.6 Å². The van der Waals surface area contributed by atoms with E-state index in [4.69, 9.17) is 0 Å². The number of halogens is 1. The molecule has 0 spiro atoms. The minimum absolute atomic E-state index is 0.750. The van der Waals surface area contributed by atoms with Crippen LogP contribution in [0.3, 0.4) is 0 Å². The number of amides is 1. The summed E-state index contributed by atoms with van der Waals surface area (Å²) >= 11 is 3.33. The van der Waals surface area contributed by atoms with Crippen molar-refractivity contribution in [3.8, 4) is 0 Å². The van der Waals surface area contributed by atoms with Crippen LogP contribution in [0.1, 0.15) is 5.69 Å². The second-order valence-corrected chi connectivity index (χ2v) is 3.49. The van der Waals surface area contributed by atoms with Gasteiger partial charge in [-0.05, 0) is 35.0 Å². The molecule has 1 amide bonds. The molecule has 0 saturated carbocycles. The fourth-order valence-electron chi connectivity index (χ4n) is 0.465. The molecule has 0 aromatic carbocycles. The Kier molecular flexibility index (Phi) is 6.14. The maximum atomic E-state index is 9.43. The molecule has 0 bridgehead atoms. The predicted molar refractivity (Wildman–Crippen MR) is 56.4 cm³/mol. The average molecular weight is 245 g/mol. The van der Waals surface area contributed by atoms with Crippen molar-refractivity contribution >= 4 is 22.3 Å². The van der Waals surface area contributed by atoms with Gasteiger partial charge in [0.1, 0.15) is 0 Å². The maximum Gasteiger partial charge on any atom is 0.209 e. The average Bonchev–Trinajstić information content (AvgIpc) is 2.11. The van der Waals surface area contributed by atoms with Gasteiger partial charge in [-0.25, -0.2) is 0 Å². The van der Waals surface area contributed by atoms with E-state index in [-0.39, 0.29) is 0 Å². The molecule has 4 heteroatoms. The number of rotatable bonds is 1. The fraction of sp³-hybridized carbons (Fsp3) is 0.333. The van der Waals surface area contributed by atoms with Gasteiger partial charge in [0.2, 0.25) is 6.41 Å². The molecule has 13 heavy (non-hydrogen) atoms. The van der Waals surface area contributed by atoms with Crippen LogP contribution in [0, 0.1) is 6.92 Å². The summed E-state index contributed by atoms with van der Waals surface area (Å²) in [6.07, 6.45) is 2.53. The third-order valence-corrected chi connectivity index (χ3v) is 1.99. The number of carbonyl (C=O) groups excluding carboxylic acids is 1. The van der Waals surface area contributed by atoms with Crippen molar-refractivity contribution in [2.24, 2.45) is 0 Å². The third kappa shape index (κ3) is 6.28. The van der Waals surface area contributed by atoms with Gasteiger partial charge in [0.25, 0.3) is 0 Å². The summed E-state index contributed by atoms with van der Waals surface area (Å²) in [7, 11) is 3.38. The fourth-order valence-corrected chi connectivity index (χ4v) is 0.720. The summed E-state index contributed by atoms with van der Waals surface area (Å²) < 4.78 is 1.07. The lowest BCUT2D eigenvalue weighted by atomic mass is 10.4. The van der Waals surface area contributed by atoms with Crippen LogP contribution in [-0.4, -0.2) is 30.4 Å². The van der Waals surface area contributed by atoms with E-state index in [2.05, 4.69) is 20.9 Å². The van der Waals surface area contributed by atoms with Crippen LogP contribution in [0.2, 0.25) is 0 Å². The maximum absolute atomic E-state index is 9.43. The molecule has 0 saturated heterocycles. The molecule has 1 rings (SSSR count). The Morgan fingerprint density at radius 3 is 2.31 bits per heavy atom. The number of nitrogens with zero attached hydrogens (tertiary/aromatic N) is 2. The van der Waals surface area contributed by atoms with E-state index < -0.39 is 0 Å². The normalized spacial score (nSPS) is 8.31. The van der Waals surface area contributed by atoms with Gasteiger partial charge in [0.15, 0.2) is 0 Å². The highest BCUT2D eigenvalue weighted by Gasteiger charge is 1.87. The van der Waals surface area contributed by atoms with Crippen molar-refractivity contribution in [2.45, 2.75) is 6.92 Å². The largest absolute Gasteiger partial charge is 0.351 e. The number of hydrogen-bond acceptors (Lipinski definition) is 2. The van der Waals surface area contributed by atoms with Crippen LogP contribution in [0.25, 0.3) is 0 Å². The Morgan fingerprint density at radius 1 is 1.54 bits per heavy atom. The van der Waals surface area contributed by atoms with Crippen LogP contribution in [-0.2, 0) is 4.79 Å². The van der Waals surface area contributed by atoms with Gasteiger partial charge in [0.05, 0.1) is 5.69 Å². The van der Waals surface area contributed by atoms with E-state index in [9.17, 15) is 4.79 Å². The first-order valence-electron chi connectivity index (χ1n) is 3.76. The molecule has 0 atom stereocenters. The molecule has 1 heterocycles. The van der Waals surface area contributed by atoms with E-state index in [1.54, 1.807) is 20.3 Å². The van der Waals surface area contributed by atoms with Gasteiger partial charge in [0, 0.05) is 24.8 Å². The standard InChI is InChI=1S/C6H6BrN.C3H7NO/c1-5-6(7)3-2-4-8-5;1-4(2)3-5/h2-4H,1H3;3H,1-2H3. The smallest absolute Gasteiger partial charge is 0.209 e. The Morgan fingerprint density at radius 2 is 2.08 bits per heavy atom. The van der Waals surface area contributed by atoms with E-state index in [1.807, 2.05) is 19.1 Å². The van der Waals surface area contributed by atoms with E-state index >= 15 is 0 Å². The highest BCUT2D eigenvalue weighted by Crippen LogP contribution is 2.10. The first-order valence-corrected chi connectivity index (χ1v) is 4.56. The van der Waals surface area contributed by atoms with Crippen LogP contribution >= 0.6 is 15.9 Å². The predicted octanol–water partition coefficient (Wildman–Crippen LogP) is 1.86. The minimum Gasteiger partial charge on any atom is -0.351 e. The summed E-state index contributed by atoms with van der Waals surface area (Å²) in [5.41, 5.74) is 1.03. The first-order chi connectivity index (χ1) is 6.07. The van der Waals surface area contributed by atoms with Crippen molar-refractivity contribution in [1.82, 2.24) is 9.88 Å². The number of pyridine rings is 1. The van der Waals surface area contributed by atoms with Gasteiger partial charge in [-0.2, -0.15) is 0 Å². The van der Waals surface area contributed by atoms with Crippen molar-refractivity contribution < 1.29 is 4.79 Å². The topological polar surface area (TPSA) is 33.2 Å². The first kappa shape index (κ1) is 12.1. The quantitative estimate of drug-likeness (QED) is 0.707. The molecule has 0 aliphatic rings. The Bertz CT molecular complexity index is 243. The molecule has 72 valence electrons. The number of aromatic nitrogens is 1. The summed E-state index contributed by atoms with van der Waals surface area (Å²) in [6, 6.07) is 3.87. The molecule has 1 aromatic rings. The van der Waals surface area contributed by atoms with E-state index in [1.165, 1.54) is 4.90 Å². The second-order valence-electron chi connectivity index (χ2n) is 2.64. The molecule has 0 N–H and O–H groups in total. The van der Waals surface area contributed by atoms with Crippen molar-refractivity contribution in [3.05, 3.63) is 28.5 Å². The third-order valence-electron chi connectivity index (χ3n) is 1.15. The molecule has 1 aromatic heterocycles. The number of carbonyl (C=O) groups is 1. The van der Waals surface area contributed by atoms with Crippen molar-refractivity contribution in [1.29, 1.82) is 0 Å². The zero-order valence-electron chi connectivity index (χ0n) is 7.99. The van der Waals surface area contributed by atoms with Gasteiger partial charge in [-0.1, -0.05) is 0 Å². The highest BCUT2D eigenvalue weighted by molar-refractivity contribution is 9.10. The minimum atomic E-state index is 0.750. The van der Waals surface area contributed by atoms with Crippen LogP contribution in [0.4, 0.5) is 0 Å². The molecule has 0 radical (unpaired) electrons. The SMILES string of the molecule is CN(C)C=O.Cc1ncccc1Br. The van der Waals surface area contributed by atoms with Crippen molar-refractivity contribution in [3.63, 3.8) is 0 Å². The molecule has 0 aliphatic carbocycles. The van der Waals surface area contributed by atoms with Gasteiger partial charge in [-0.15, -0.1) is 0 Å². The lowest BCUT2D eigenvalue weighted by molar-refractivity contribution is -0.115. The number of hydrogen-bond donors (Lipinski definition) is 0. The monoisotopic (exact) mass is 244 g/mol. The Labute approximate surface area is 86.9 Å². The van der Waals surface area contributed by atoms with Gasteiger partial charge >= 0.3 is 0 Å². The molecule has 0 aliphatic heterocycles. The summed E-state index contributed by atoms with van der Waals surface area (Å²) in [5, 5.41) is 0. The van der Waals surface area contributed by atoms with E-state index in [0.29, 0.717) is 0 Å². The summed E-state index contributed by atoms with van der Waals surface area (Å²) in [6.45, 7) is 1.96. The zero-order chi connectivity index (χ0) is 10.3. The molecule has 3 nitrogen and oxygen atoms in total. The Balaban J connectivity index is 0.000000252. The number of aryl methyl sites for hydroxylation is 1. The lowest BCUT2D eigenvalue weighted by Gasteiger charge is -1.93. The Hall–Kier alpha value is -0.900. The highest BCUT2D eigenvalue weighted by atomic mass is 79.9. The van der Waals surface area contributed by atoms with Crippen LogP contribution in [0.5, 0.6) is 0 Å². The van der Waals surface area contributed by atoms with Gasteiger partial charge in [-0.3, -0.25) is 9.78 Å². The summed E-state index contributed by atoms with van der Waals surface area (Å²) in [4.78, 5) is 14.9. The van der Waals surface area contributed by atoms with Crippen LogP contribution < -0.4 is 0 Å². The van der Waals surface area contributed by atoms with Gasteiger partial charge < -0.3 is 4.90 Å². The second kappa shape index (κ2) is 6.60. The zero-order valence-corrected chi connectivity index (χ0v) is 9.58. The molecule has 0 fully saturated rings. The lowest BCUT2D eigenvalue weighted by Crippen LogP contribution is -2.06. The van der Waals surface area contributed by atoms with Crippen molar-refractivity contribution in [2.75, 3.05) is 14.1 Å². The molecule has 0 unspecified atom stereocenters. The molecular formula is C9H13BrN2O.